The molecule has 0 aromatic rings. The van der Waals surface area contributed by atoms with Crippen molar-refractivity contribution < 1.29 is 9.47 Å². The molecule has 13 heavy (non-hydrogen) atoms. The Morgan fingerprint density at radius 2 is 1.23 bits per heavy atom. The zero-order valence-electron chi connectivity index (χ0n) is 10.1. The van der Waals surface area contributed by atoms with Gasteiger partial charge in [0.2, 0.25) is 0 Å². The van der Waals surface area contributed by atoms with Crippen LogP contribution < -0.4 is 0 Å². The summed E-state index contributed by atoms with van der Waals surface area (Å²) >= 11 is 0. The van der Waals surface area contributed by atoms with Crippen molar-refractivity contribution in [1.82, 2.24) is 0 Å². The lowest BCUT2D eigenvalue weighted by molar-refractivity contribution is -0.223. The Bertz CT molecular complexity index is 128. The van der Waals surface area contributed by atoms with E-state index in [9.17, 15) is 0 Å². The molecule has 0 aromatic carbocycles. The first kappa shape index (κ1) is 13.0. The number of hydrogen-bond acceptors (Lipinski definition) is 2. The van der Waals surface area contributed by atoms with Crippen LogP contribution in [0.2, 0.25) is 6.32 Å². The normalized spacial score (nSPS) is 13.8. The Hall–Kier alpha value is -0.0151. The average Bonchev–Trinajstić information content (AvgIpc) is 1.79. The second-order valence-corrected chi connectivity index (χ2v) is 5.30. The highest BCUT2D eigenvalue weighted by molar-refractivity contribution is 6.08. The smallest absolute Gasteiger partial charge is 0.152 e. The maximum atomic E-state index is 5.74. The predicted molar refractivity (Wildman–Crippen MR) is 58.8 cm³/mol. The van der Waals surface area contributed by atoms with E-state index in [2.05, 4.69) is 7.85 Å². The zero-order valence-corrected chi connectivity index (χ0v) is 10.1. The Balaban J connectivity index is 4.05. The van der Waals surface area contributed by atoms with Gasteiger partial charge in [0, 0.05) is 0 Å². The molecule has 3 heteroatoms. The van der Waals surface area contributed by atoms with Gasteiger partial charge in [-0.3, -0.25) is 0 Å². The van der Waals surface area contributed by atoms with Crippen LogP contribution in [0.1, 0.15) is 41.5 Å². The molecule has 0 aliphatic heterocycles. The Kier molecular flexibility index (Phi) is 4.47. The van der Waals surface area contributed by atoms with Crippen LogP contribution in [0, 0.1) is 0 Å². The van der Waals surface area contributed by atoms with Gasteiger partial charge in [-0.05, 0) is 47.9 Å². The Morgan fingerprint density at radius 1 is 0.923 bits per heavy atom. The van der Waals surface area contributed by atoms with Crippen molar-refractivity contribution in [2.45, 2.75) is 65.4 Å². The second kappa shape index (κ2) is 4.47. The highest BCUT2D eigenvalue weighted by atomic mass is 16.7. The molecule has 0 atom stereocenters. The fourth-order valence-corrected chi connectivity index (χ4v) is 0.979. The fourth-order valence-electron chi connectivity index (χ4n) is 0.979. The van der Waals surface area contributed by atoms with Crippen LogP contribution in [-0.2, 0) is 9.47 Å². The summed E-state index contributed by atoms with van der Waals surface area (Å²) in [5.41, 5.74) is -0.266. The van der Waals surface area contributed by atoms with Gasteiger partial charge in [-0.2, -0.15) is 0 Å². The molecule has 0 aromatic heterocycles. The highest BCUT2D eigenvalue weighted by Gasteiger charge is 2.22. The highest BCUT2D eigenvalue weighted by Crippen LogP contribution is 2.19. The van der Waals surface area contributed by atoms with Crippen LogP contribution >= 0.6 is 0 Å². The van der Waals surface area contributed by atoms with E-state index in [4.69, 9.17) is 9.47 Å². The van der Waals surface area contributed by atoms with Crippen LogP contribution in [0.5, 0.6) is 0 Å². The molecule has 0 rings (SSSR count). The van der Waals surface area contributed by atoms with Crippen LogP contribution in [0.25, 0.3) is 0 Å². The van der Waals surface area contributed by atoms with Gasteiger partial charge in [-0.25, -0.2) is 0 Å². The topological polar surface area (TPSA) is 18.5 Å². The average molecular weight is 186 g/mol. The van der Waals surface area contributed by atoms with Gasteiger partial charge in [-0.1, -0.05) is 0 Å². The van der Waals surface area contributed by atoms with Crippen LogP contribution in [-0.4, -0.2) is 25.3 Å². The van der Waals surface area contributed by atoms with E-state index in [1.165, 1.54) is 0 Å². The van der Waals surface area contributed by atoms with Gasteiger partial charge in [0.25, 0.3) is 0 Å². The molecule has 0 fully saturated rings. The molecule has 0 saturated carbocycles. The summed E-state index contributed by atoms with van der Waals surface area (Å²) < 4.78 is 11.5. The number of hydrogen-bond donors (Lipinski definition) is 0. The third-order valence-corrected chi connectivity index (χ3v) is 1.30. The minimum Gasteiger partial charge on any atom is -0.348 e. The van der Waals surface area contributed by atoms with Crippen LogP contribution in [0.4, 0.5) is 0 Å². The summed E-state index contributed by atoms with van der Waals surface area (Å²) in [6.07, 6.45) is 0.786. The largest absolute Gasteiger partial charge is 0.348 e. The van der Waals surface area contributed by atoms with E-state index in [0.717, 1.165) is 6.32 Å². The summed E-state index contributed by atoms with van der Waals surface area (Å²) in [5, 5.41) is 0. The molecule has 0 spiro atoms. The maximum absolute atomic E-state index is 5.74. The summed E-state index contributed by atoms with van der Waals surface area (Å²) in [4.78, 5) is 0. The van der Waals surface area contributed by atoms with E-state index in [1.807, 2.05) is 41.5 Å². The van der Waals surface area contributed by atoms with Crippen molar-refractivity contribution in [2.75, 3.05) is 0 Å². The predicted octanol–water partition coefficient (Wildman–Crippen LogP) is 1.99. The molecular formula is C10H23BO2. The molecule has 0 radical (unpaired) electrons. The molecule has 0 bridgehead atoms. The zero-order chi connectivity index (χ0) is 10.7. The molecular weight excluding hydrogens is 163 g/mol. The van der Waals surface area contributed by atoms with Gasteiger partial charge >= 0.3 is 0 Å². The minimum absolute atomic E-state index is 0.0972. The van der Waals surface area contributed by atoms with Crippen LogP contribution in [0.3, 0.4) is 0 Å². The fraction of sp³-hybridized carbons (Fsp3) is 1.00. The lowest BCUT2D eigenvalue weighted by Crippen LogP contribution is -2.34. The molecule has 2 nitrogen and oxygen atoms in total. The molecule has 0 N–H and O–H groups in total. The lowest BCUT2D eigenvalue weighted by atomic mass is 10.0. The van der Waals surface area contributed by atoms with Crippen molar-refractivity contribution in [3.63, 3.8) is 0 Å². The van der Waals surface area contributed by atoms with Crippen molar-refractivity contribution in [2.24, 2.45) is 0 Å². The monoisotopic (exact) mass is 186 g/mol. The maximum Gasteiger partial charge on any atom is 0.152 e. The summed E-state index contributed by atoms with van der Waals surface area (Å²) in [5.74, 6) is 0. The van der Waals surface area contributed by atoms with Crippen molar-refractivity contribution in [3.05, 3.63) is 0 Å². The molecule has 0 aliphatic rings. The van der Waals surface area contributed by atoms with Gasteiger partial charge in [0.15, 0.2) is 6.29 Å². The molecule has 0 amide bonds. The van der Waals surface area contributed by atoms with E-state index >= 15 is 0 Å². The van der Waals surface area contributed by atoms with Gasteiger partial charge in [0.1, 0.15) is 7.85 Å². The minimum atomic E-state index is -0.133. The SMILES string of the molecule is BCC(OC(C)(C)C)OC(C)(C)C. The van der Waals surface area contributed by atoms with E-state index in [-0.39, 0.29) is 17.5 Å². The third kappa shape index (κ3) is 8.32. The first-order valence-corrected chi connectivity index (χ1v) is 5.00. The van der Waals surface area contributed by atoms with E-state index < -0.39 is 0 Å². The van der Waals surface area contributed by atoms with Gasteiger partial charge < -0.3 is 9.47 Å². The van der Waals surface area contributed by atoms with Crippen LogP contribution in [0.15, 0.2) is 0 Å². The second-order valence-electron chi connectivity index (χ2n) is 5.30. The molecule has 78 valence electrons. The Morgan fingerprint density at radius 3 is 1.38 bits per heavy atom. The summed E-state index contributed by atoms with van der Waals surface area (Å²) in [6, 6.07) is 0. The van der Waals surface area contributed by atoms with E-state index in [1.54, 1.807) is 0 Å². The lowest BCUT2D eigenvalue weighted by Gasteiger charge is -2.32. The first-order valence-electron chi connectivity index (χ1n) is 5.00. The molecule has 0 saturated heterocycles. The first-order chi connectivity index (χ1) is 5.64. The van der Waals surface area contributed by atoms with Gasteiger partial charge in [0.05, 0.1) is 11.2 Å². The third-order valence-electron chi connectivity index (χ3n) is 1.30. The standard InChI is InChI=1S/C10H23BO2/c1-9(2,3)12-8(7-11)13-10(4,5)6/h8H,7,11H2,1-6H3. The summed E-state index contributed by atoms with van der Waals surface area (Å²) in [7, 11) is 2.07. The molecule has 0 heterocycles. The Labute approximate surface area is 83.4 Å². The quantitative estimate of drug-likeness (QED) is 0.495. The number of ether oxygens (including phenoxy) is 2. The van der Waals surface area contributed by atoms with Gasteiger partial charge in [-0.15, -0.1) is 0 Å². The number of rotatable bonds is 3. The summed E-state index contributed by atoms with van der Waals surface area (Å²) in [6.45, 7) is 12.3. The molecule has 0 unspecified atom stereocenters. The van der Waals surface area contributed by atoms with Crippen molar-refractivity contribution in [3.8, 4) is 0 Å². The molecule has 0 aliphatic carbocycles. The van der Waals surface area contributed by atoms with Crippen molar-refractivity contribution in [1.29, 1.82) is 0 Å². The van der Waals surface area contributed by atoms with E-state index in [0.29, 0.717) is 0 Å². The van der Waals surface area contributed by atoms with Crippen molar-refractivity contribution >= 4 is 7.85 Å².